The molecule has 0 bridgehead atoms. The Balaban J connectivity index is 1.63. The highest BCUT2D eigenvalue weighted by atomic mass is 32.1. The Labute approximate surface area is 193 Å². The van der Waals surface area contributed by atoms with Gasteiger partial charge in [0.1, 0.15) is 10.8 Å². The zero-order chi connectivity index (χ0) is 22.9. The topological polar surface area (TPSA) is 71.3 Å². The van der Waals surface area contributed by atoms with Gasteiger partial charge >= 0.3 is 0 Å². The summed E-state index contributed by atoms with van der Waals surface area (Å²) in [6, 6.07) is 11.1. The number of anilines is 1. The molecule has 168 valence electrons. The van der Waals surface area contributed by atoms with Gasteiger partial charge in [-0.3, -0.25) is 9.59 Å². The highest BCUT2D eigenvalue weighted by Crippen LogP contribution is 2.44. The van der Waals surface area contributed by atoms with E-state index in [1.165, 1.54) is 4.88 Å². The predicted octanol–water partition coefficient (Wildman–Crippen LogP) is 5.98. The number of aryl methyl sites for hydroxylation is 1. The van der Waals surface area contributed by atoms with Crippen molar-refractivity contribution >= 4 is 28.2 Å². The average Bonchev–Trinajstić information content (AvgIpc) is 3.38. The van der Waals surface area contributed by atoms with Crippen molar-refractivity contribution in [1.82, 2.24) is 5.32 Å². The van der Waals surface area contributed by atoms with Crippen LogP contribution < -0.4 is 10.6 Å². The number of furan rings is 1. The van der Waals surface area contributed by atoms with Crippen LogP contribution in [0.3, 0.4) is 0 Å². The molecule has 0 saturated carbocycles. The van der Waals surface area contributed by atoms with E-state index >= 15 is 0 Å². The molecule has 6 heteroatoms. The van der Waals surface area contributed by atoms with Crippen LogP contribution in [0.25, 0.3) is 0 Å². The molecular formula is C26H30N2O3S. The maximum Gasteiger partial charge on any atom is 0.256 e. The van der Waals surface area contributed by atoms with Crippen LogP contribution in [0.15, 0.2) is 47.1 Å². The molecule has 5 nitrogen and oxygen atoms in total. The lowest BCUT2D eigenvalue weighted by molar-refractivity contribution is 0.0947. The summed E-state index contributed by atoms with van der Waals surface area (Å²) in [5.74, 6) is 0.872. The molecule has 2 N–H and O–H groups in total. The van der Waals surface area contributed by atoms with E-state index in [1.807, 2.05) is 37.3 Å². The summed E-state index contributed by atoms with van der Waals surface area (Å²) >= 11 is 1.54. The van der Waals surface area contributed by atoms with E-state index in [2.05, 4.69) is 31.4 Å². The fourth-order valence-corrected chi connectivity index (χ4v) is 5.52. The van der Waals surface area contributed by atoms with Crippen LogP contribution >= 0.6 is 11.3 Å². The maximum atomic E-state index is 13.2. The van der Waals surface area contributed by atoms with Crippen LogP contribution in [0.4, 0.5) is 5.00 Å². The molecule has 2 amide bonds. The van der Waals surface area contributed by atoms with Crippen molar-refractivity contribution in [2.45, 2.75) is 53.5 Å². The van der Waals surface area contributed by atoms with E-state index < -0.39 is 0 Å². The lowest BCUT2D eigenvalue weighted by atomic mass is 9.72. The minimum Gasteiger partial charge on any atom is -0.467 e. The number of hydrogen-bond acceptors (Lipinski definition) is 4. The third-order valence-corrected chi connectivity index (χ3v) is 7.43. The first kappa shape index (κ1) is 22.3. The van der Waals surface area contributed by atoms with E-state index in [9.17, 15) is 9.59 Å². The van der Waals surface area contributed by atoms with Crippen LogP contribution in [-0.4, -0.2) is 11.8 Å². The summed E-state index contributed by atoms with van der Waals surface area (Å²) < 4.78 is 5.35. The number of thiophene rings is 1. The zero-order valence-corrected chi connectivity index (χ0v) is 19.9. The van der Waals surface area contributed by atoms with E-state index in [0.29, 0.717) is 34.4 Å². The van der Waals surface area contributed by atoms with E-state index in [4.69, 9.17) is 4.42 Å². The van der Waals surface area contributed by atoms with E-state index in [0.717, 1.165) is 30.4 Å². The fraction of sp³-hybridized carbons (Fsp3) is 0.385. The smallest absolute Gasteiger partial charge is 0.256 e. The van der Waals surface area contributed by atoms with Gasteiger partial charge in [0.2, 0.25) is 0 Å². The van der Waals surface area contributed by atoms with Gasteiger partial charge in [-0.05, 0) is 67.3 Å². The van der Waals surface area contributed by atoms with Gasteiger partial charge in [-0.1, -0.05) is 38.5 Å². The van der Waals surface area contributed by atoms with Crippen LogP contribution in [-0.2, 0) is 19.4 Å². The second kappa shape index (κ2) is 8.94. The van der Waals surface area contributed by atoms with Gasteiger partial charge in [0.25, 0.3) is 11.8 Å². The number of rotatable bonds is 5. The van der Waals surface area contributed by atoms with Gasteiger partial charge < -0.3 is 15.1 Å². The minimum absolute atomic E-state index is 0.174. The Morgan fingerprint density at radius 3 is 2.53 bits per heavy atom. The molecule has 2 heterocycles. The predicted molar refractivity (Wildman–Crippen MR) is 128 cm³/mol. The Morgan fingerprint density at radius 1 is 1.12 bits per heavy atom. The van der Waals surface area contributed by atoms with Crippen LogP contribution in [0.2, 0.25) is 0 Å². The number of benzene rings is 1. The zero-order valence-electron chi connectivity index (χ0n) is 19.1. The van der Waals surface area contributed by atoms with Crippen molar-refractivity contribution in [3.05, 3.63) is 75.6 Å². The van der Waals surface area contributed by atoms with Crippen LogP contribution in [0.5, 0.6) is 0 Å². The van der Waals surface area contributed by atoms with Gasteiger partial charge in [-0.2, -0.15) is 0 Å². The van der Waals surface area contributed by atoms with Crippen molar-refractivity contribution in [2.75, 3.05) is 5.32 Å². The summed E-state index contributed by atoms with van der Waals surface area (Å²) in [4.78, 5) is 27.4. The van der Waals surface area contributed by atoms with Gasteiger partial charge in [0.15, 0.2) is 0 Å². The third kappa shape index (κ3) is 4.80. The molecule has 1 atom stereocenters. The van der Waals surface area contributed by atoms with E-state index in [-0.39, 0.29) is 17.2 Å². The highest BCUT2D eigenvalue weighted by Gasteiger charge is 2.34. The average molecular weight is 451 g/mol. The summed E-state index contributed by atoms with van der Waals surface area (Å²) in [6.07, 6.45) is 4.41. The Bertz CT molecular complexity index is 1110. The van der Waals surface area contributed by atoms with Crippen molar-refractivity contribution in [3.63, 3.8) is 0 Å². The first-order valence-electron chi connectivity index (χ1n) is 11.1. The lowest BCUT2D eigenvalue weighted by Crippen LogP contribution is -2.28. The quantitative estimate of drug-likeness (QED) is 0.502. The first-order valence-corrected chi connectivity index (χ1v) is 11.9. The maximum absolute atomic E-state index is 13.2. The molecule has 0 spiro atoms. The van der Waals surface area contributed by atoms with Gasteiger partial charge in [-0.15, -0.1) is 11.3 Å². The Hall–Kier alpha value is -2.86. The number of nitrogens with one attached hydrogen (secondary N) is 2. The number of hydrogen-bond donors (Lipinski definition) is 2. The highest BCUT2D eigenvalue weighted by molar-refractivity contribution is 7.17. The van der Waals surface area contributed by atoms with Crippen molar-refractivity contribution in [1.29, 1.82) is 0 Å². The SMILES string of the molecule is Cc1ccc(C(=O)Nc2sc3c(c2C(=O)NCc2ccco2)CC[C@H](C(C)(C)C)C3)cc1. The summed E-state index contributed by atoms with van der Waals surface area (Å²) in [7, 11) is 0. The molecule has 1 aliphatic rings. The molecule has 1 aromatic carbocycles. The Morgan fingerprint density at radius 2 is 1.88 bits per heavy atom. The Kier molecular flexibility index (Phi) is 6.24. The van der Waals surface area contributed by atoms with Gasteiger partial charge in [0, 0.05) is 10.4 Å². The summed E-state index contributed by atoms with van der Waals surface area (Å²) in [5.41, 5.74) is 3.56. The third-order valence-electron chi connectivity index (χ3n) is 6.26. The molecule has 32 heavy (non-hydrogen) atoms. The molecular weight excluding hydrogens is 420 g/mol. The summed E-state index contributed by atoms with van der Waals surface area (Å²) in [6.45, 7) is 9.11. The van der Waals surface area contributed by atoms with Crippen LogP contribution in [0.1, 0.15) is 69.7 Å². The second-order valence-electron chi connectivity index (χ2n) is 9.60. The van der Waals surface area contributed by atoms with Crippen molar-refractivity contribution in [3.8, 4) is 0 Å². The lowest BCUT2D eigenvalue weighted by Gasteiger charge is -2.33. The number of carbonyl (C=O) groups excluding carboxylic acids is 2. The molecule has 0 radical (unpaired) electrons. The summed E-state index contributed by atoms with van der Waals surface area (Å²) in [5, 5.41) is 6.62. The number of carbonyl (C=O) groups is 2. The normalized spacial score (nSPS) is 15.8. The van der Waals surface area contributed by atoms with Gasteiger partial charge in [0.05, 0.1) is 18.4 Å². The first-order chi connectivity index (χ1) is 15.2. The molecule has 4 rings (SSSR count). The molecule has 3 aromatic rings. The molecule has 2 aromatic heterocycles. The van der Waals surface area contributed by atoms with E-state index in [1.54, 1.807) is 23.7 Å². The standard InChI is InChI=1S/C26H30N2O3S/c1-16-7-9-17(10-8-16)23(29)28-25-22(24(30)27-15-19-6-5-13-31-19)20-12-11-18(26(2,3)4)14-21(20)32-25/h5-10,13,18H,11-12,14-15H2,1-4H3,(H,27,30)(H,28,29)/t18-/m0/s1. The van der Waals surface area contributed by atoms with Gasteiger partial charge in [-0.25, -0.2) is 0 Å². The molecule has 1 aliphatic carbocycles. The van der Waals surface area contributed by atoms with Crippen molar-refractivity contribution in [2.24, 2.45) is 11.3 Å². The number of fused-ring (bicyclic) bond motifs is 1. The van der Waals surface area contributed by atoms with Crippen molar-refractivity contribution < 1.29 is 14.0 Å². The largest absolute Gasteiger partial charge is 0.467 e. The monoisotopic (exact) mass is 450 g/mol. The number of amides is 2. The molecule has 0 fully saturated rings. The second-order valence-corrected chi connectivity index (χ2v) is 10.7. The fourth-order valence-electron chi connectivity index (χ4n) is 4.20. The molecule has 0 saturated heterocycles. The molecule has 0 unspecified atom stereocenters. The van der Waals surface area contributed by atoms with Crippen LogP contribution in [0, 0.1) is 18.3 Å². The molecule has 0 aliphatic heterocycles. The minimum atomic E-state index is -0.198.